The summed E-state index contributed by atoms with van der Waals surface area (Å²) < 4.78 is 5.05. The number of imide groups is 2. The number of rotatable bonds is 3. The quantitative estimate of drug-likeness (QED) is 0.622. The van der Waals surface area contributed by atoms with Crippen LogP contribution in [0.4, 0.5) is 4.79 Å². The maximum Gasteiger partial charge on any atom is 0.328 e. The van der Waals surface area contributed by atoms with Gasteiger partial charge in [0.1, 0.15) is 0 Å². The molecule has 7 nitrogen and oxygen atoms in total. The topological polar surface area (TPSA) is 102 Å². The van der Waals surface area contributed by atoms with Crippen LogP contribution in [0.2, 0.25) is 0 Å². The van der Waals surface area contributed by atoms with Crippen molar-refractivity contribution >= 4 is 23.8 Å². The number of barbiturate groups is 1. The van der Waals surface area contributed by atoms with E-state index in [1.165, 1.54) is 0 Å². The van der Waals surface area contributed by atoms with Crippen LogP contribution in [0.25, 0.3) is 0 Å². The van der Waals surface area contributed by atoms with Crippen molar-refractivity contribution in [2.75, 3.05) is 0 Å². The van der Waals surface area contributed by atoms with E-state index in [9.17, 15) is 19.2 Å². The molecule has 0 radical (unpaired) electrons. The van der Waals surface area contributed by atoms with Crippen molar-refractivity contribution in [2.24, 2.45) is 0 Å². The third-order valence-electron chi connectivity index (χ3n) is 3.34. The molecule has 0 saturated carbocycles. The molecule has 4 amide bonds. The highest BCUT2D eigenvalue weighted by Crippen LogP contribution is 2.33. The van der Waals surface area contributed by atoms with E-state index < -0.39 is 35.3 Å². The van der Waals surface area contributed by atoms with E-state index in [4.69, 9.17) is 4.74 Å². The number of carbonyl (C=O) groups is 4. The van der Waals surface area contributed by atoms with Gasteiger partial charge in [0.2, 0.25) is 0 Å². The molecule has 0 aromatic heterocycles. The lowest BCUT2D eigenvalue weighted by molar-refractivity contribution is -0.176. The molecule has 2 N–H and O–H groups in total. The minimum absolute atomic E-state index is 0.624. The summed E-state index contributed by atoms with van der Waals surface area (Å²) in [5.74, 6) is -3.47. The first kappa shape index (κ1) is 14.7. The standard InChI is InChI=1S/C14H14N2O5/c1-8(10-6-4-3-5-7-10)14(21-9(2)17)11(18)15-13(20)16-12(14)19/h3-8H,1-2H3,(H2,15,16,18,19,20). The summed E-state index contributed by atoms with van der Waals surface area (Å²) in [6, 6.07) is 7.71. The van der Waals surface area contributed by atoms with E-state index in [1.54, 1.807) is 37.3 Å². The van der Waals surface area contributed by atoms with E-state index in [0.717, 1.165) is 6.92 Å². The van der Waals surface area contributed by atoms with Crippen LogP contribution >= 0.6 is 0 Å². The largest absolute Gasteiger partial charge is 0.438 e. The van der Waals surface area contributed by atoms with Crippen molar-refractivity contribution in [3.05, 3.63) is 35.9 Å². The average Bonchev–Trinajstić information content (AvgIpc) is 2.43. The fraction of sp³-hybridized carbons (Fsp3) is 0.286. The van der Waals surface area contributed by atoms with Gasteiger partial charge >= 0.3 is 12.0 Å². The molecule has 110 valence electrons. The SMILES string of the molecule is CC(=O)OC1(C(C)c2ccccc2)C(=O)NC(=O)NC1=O. The summed E-state index contributed by atoms with van der Waals surface area (Å²) in [7, 11) is 0. The fourth-order valence-corrected chi connectivity index (χ4v) is 2.30. The molecule has 1 heterocycles. The number of nitrogens with one attached hydrogen (secondary N) is 2. The van der Waals surface area contributed by atoms with Crippen molar-refractivity contribution in [1.29, 1.82) is 0 Å². The number of urea groups is 1. The summed E-state index contributed by atoms with van der Waals surface area (Å²) in [4.78, 5) is 47.0. The third kappa shape index (κ3) is 2.49. The molecule has 1 unspecified atom stereocenters. The summed E-state index contributed by atoms with van der Waals surface area (Å²) >= 11 is 0. The number of esters is 1. The minimum atomic E-state index is -2.11. The maximum absolute atomic E-state index is 12.2. The number of ether oxygens (including phenoxy) is 1. The second kappa shape index (κ2) is 5.35. The Balaban J connectivity index is 2.51. The maximum atomic E-state index is 12.2. The number of carbonyl (C=O) groups excluding carboxylic acids is 4. The van der Waals surface area contributed by atoms with Gasteiger partial charge in [0.05, 0.1) is 0 Å². The molecule has 21 heavy (non-hydrogen) atoms. The lowest BCUT2D eigenvalue weighted by Crippen LogP contribution is -2.70. The van der Waals surface area contributed by atoms with Crippen LogP contribution in [0.1, 0.15) is 25.3 Å². The van der Waals surface area contributed by atoms with Crippen LogP contribution in [-0.4, -0.2) is 29.4 Å². The van der Waals surface area contributed by atoms with Crippen LogP contribution < -0.4 is 10.6 Å². The van der Waals surface area contributed by atoms with E-state index in [0.29, 0.717) is 5.56 Å². The molecule has 7 heteroatoms. The molecule has 0 spiro atoms. The molecule has 0 bridgehead atoms. The van der Waals surface area contributed by atoms with Gasteiger partial charge in [-0.05, 0) is 5.56 Å². The van der Waals surface area contributed by atoms with Gasteiger partial charge in [0, 0.05) is 12.8 Å². The predicted octanol–water partition coefficient (Wildman–Crippen LogP) is 0.458. The molecular formula is C14H14N2O5. The van der Waals surface area contributed by atoms with Gasteiger partial charge in [0.25, 0.3) is 17.4 Å². The lowest BCUT2D eigenvalue weighted by Gasteiger charge is -2.37. The Bertz CT molecular complexity index is 591. The molecular weight excluding hydrogens is 276 g/mol. The first-order chi connectivity index (χ1) is 9.87. The predicted molar refractivity (Wildman–Crippen MR) is 71.0 cm³/mol. The highest BCUT2D eigenvalue weighted by Gasteiger charge is 2.57. The second-order valence-electron chi connectivity index (χ2n) is 4.70. The molecule has 0 aliphatic carbocycles. The summed E-state index contributed by atoms with van der Waals surface area (Å²) in [5, 5.41) is 3.94. The zero-order valence-electron chi connectivity index (χ0n) is 11.5. The van der Waals surface area contributed by atoms with Crippen molar-refractivity contribution in [3.63, 3.8) is 0 Å². The molecule has 1 atom stereocenters. The summed E-state index contributed by atoms with van der Waals surface area (Å²) in [6.45, 7) is 2.67. The first-order valence-electron chi connectivity index (χ1n) is 6.29. The molecule has 1 saturated heterocycles. The van der Waals surface area contributed by atoms with Crippen LogP contribution in [0.5, 0.6) is 0 Å². The van der Waals surface area contributed by atoms with Gasteiger partial charge in [0.15, 0.2) is 0 Å². The van der Waals surface area contributed by atoms with Crippen LogP contribution in [-0.2, 0) is 19.1 Å². The van der Waals surface area contributed by atoms with Crippen LogP contribution in [0, 0.1) is 0 Å². The Morgan fingerprint density at radius 3 is 2.10 bits per heavy atom. The average molecular weight is 290 g/mol. The Hall–Kier alpha value is -2.70. The number of benzene rings is 1. The number of hydrogen-bond acceptors (Lipinski definition) is 5. The van der Waals surface area contributed by atoms with Crippen molar-refractivity contribution in [3.8, 4) is 0 Å². The number of amides is 4. The summed E-state index contributed by atoms with van der Waals surface area (Å²) in [6.07, 6.45) is 0. The molecule has 1 aliphatic heterocycles. The molecule has 1 aromatic rings. The summed E-state index contributed by atoms with van der Waals surface area (Å²) in [5.41, 5.74) is -1.49. The lowest BCUT2D eigenvalue weighted by atomic mass is 9.80. The molecule has 1 aromatic carbocycles. The Morgan fingerprint density at radius 2 is 1.62 bits per heavy atom. The normalized spacial score (nSPS) is 18.5. The van der Waals surface area contributed by atoms with Crippen molar-refractivity contribution < 1.29 is 23.9 Å². The monoisotopic (exact) mass is 290 g/mol. The fourth-order valence-electron chi connectivity index (χ4n) is 2.30. The van der Waals surface area contributed by atoms with E-state index in [2.05, 4.69) is 0 Å². The van der Waals surface area contributed by atoms with Gasteiger partial charge in [-0.3, -0.25) is 25.0 Å². The van der Waals surface area contributed by atoms with Crippen molar-refractivity contribution in [2.45, 2.75) is 25.4 Å². The van der Waals surface area contributed by atoms with Gasteiger partial charge in [-0.15, -0.1) is 0 Å². The minimum Gasteiger partial charge on any atom is -0.438 e. The zero-order valence-corrected chi connectivity index (χ0v) is 11.5. The van der Waals surface area contributed by atoms with Gasteiger partial charge in [-0.2, -0.15) is 0 Å². The van der Waals surface area contributed by atoms with E-state index in [1.807, 2.05) is 10.6 Å². The third-order valence-corrected chi connectivity index (χ3v) is 3.34. The molecule has 1 aliphatic rings. The highest BCUT2D eigenvalue weighted by molar-refractivity contribution is 6.22. The second-order valence-corrected chi connectivity index (χ2v) is 4.70. The Morgan fingerprint density at radius 1 is 1.10 bits per heavy atom. The van der Waals surface area contributed by atoms with Crippen LogP contribution in [0.15, 0.2) is 30.3 Å². The van der Waals surface area contributed by atoms with Crippen LogP contribution in [0.3, 0.4) is 0 Å². The van der Waals surface area contributed by atoms with Gasteiger partial charge < -0.3 is 4.74 Å². The van der Waals surface area contributed by atoms with Gasteiger partial charge in [-0.25, -0.2) is 4.79 Å². The van der Waals surface area contributed by atoms with E-state index >= 15 is 0 Å². The molecule has 1 fully saturated rings. The number of hydrogen-bond donors (Lipinski definition) is 2. The van der Waals surface area contributed by atoms with Gasteiger partial charge in [-0.1, -0.05) is 37.3 Å². The van der Waals surface area contributed by atoms with E-state index in [-0.39, 0.29) is 0 Å². The Labute approximate surface area is 120 Å². The smallest absolute Gasteiger partial charge is 0.328 e. The highest BCUT2D eigenvalue weighted by atomic mass is 16.6. The zero-order chi connectivity index (χ0) is 15.6. The first-order valence-corrected chi connectivity index (χ1v) is 6.29. The molecule has 2 rings (SSSR count). The van der Waals surface area contributed by atoms with Crippen molar-refractivity contribution in [1.82, 2.24) is 10.6 Å². The Kier molecular flexibility index (Phi) is 3.75.